The number of aryl methyl sites for hydroxylation is 1. The monoisotopic (exact) mass is 289 g/mol. The van der Waals surface area contributed by atoms with Gasteiger partial charge in [-0.05, 0) is 36.6 Å². The Labute approximate surface area is 123 Å². The molecule has 0 spiro atoms. The van der Waals surface area contributed by atoms with Crippen LogP contribution in [0.15, 0.2) is 42.5 Å². The summed E-state index contributed by atoms with van der Waals surface area (Å²) in [7, 11) is 0. The van der Waals surface area contributed by atoms with Gasteiger partial charge < -0.3 is 5.32 Å². The first-order valence-electron chi connectivity index (χ1n) is 6.81. The van der Waals surface area contributed by atoms with Gasteiger partial charge in [0, 0.05) is 23.5 Å². The first kappa shape index (κ1) is 13.6. The molecule has 1 heterocycles. The van der Waals surface area contributed by atoms with E-state index in [4.69, 9.17) is 11.6 Å². The smallest absolute Gasteiger partial charge is 0.124 e. The second-order valence-corrected chi connectivity index (χ2v) is 6.07. The highest BCUT2D eigenvalue weighted by molar-refractivity contribution is 6.31. The zero-order valence-corrected chi connectivity index (χ0v) is 12.2. The normalized spacial score (nSPS) is 16.8. The molecule has 3 heteroatoms. The highest BCUT2D eigenvalue weighted by Gasteiger charge is 2.39. The summed E-state index contributed by atoms with van der Waals surface area (Å²) in [5.41, 5.74) is 3.67. The number of rotatable bonds is 3. The molecule has 1 N–H and O–H groups in total. The highest BCUT2D eigenvalue weighted by atomic mass is 35.5. The van der Waals surface area contributed by atoms with E-state index in [1.54, 1.807) is 6.07 Å². The van der Waals surface area contributed by atoms with E-state index in [-0.39, 0.29) is 11.2 Å². The van der Waals surface area contributed by atoms with Crippen LogP contribution in [-0.4, -0.2) is 13.1 Å². The molecular weight excluding hydrogens is 273 g/mol. The Hall–Kier alpha value is -1.38. The molecule has 104 valence electrons. The van der Waals surface area contributed by atoms with Gasteiger partial charge in [0.15, 0.2) is 0 Å². The lowest BCUT2D eigenvalue weighted by Crippen LogP contribution is -2.58. The van der Waals surface area contributed by atoms with Gasteiger partial charge in [0.25, 0.3) is 0 Å². The molecule has 1 aliphatic rings. The van der Waals surface area contributed by atoms with Crippen molar-refractivity contribution in [3.63, 3.8) is 0 Å². The van der Waals surface area contributed by atoms with Crippen molar-refractivity contribution in [1.82, 2.24) is 5.32 Å². The second kappa shape index (κ2) is 5.19. The van der Waals surface area contributed by atoms with Crippen molar-refractivity contribution in [1.29, 1.82) is 0 Å². The Bertz CT molecular complexity index is 617. The fourth-order valence-electron chi connectivity index (χ4n) is 2.79. The number of hydrogen-bond acceptors (Lipinski definition) is 1. The molecule has 0 unspecified atom stereocenters. The molecule has 0 atom stereocenters. The van der Waals surface area contributed by atoms with Gasteiger partial charge in [-0.15, -0.1) is 0 Å². The molecule has 1 aliphatic heterocycles. The van der Waals surface area contributed by atoms with Crippen LogP contribution in [0.25, 0.3) is 0 Å². The van der Waals surface area contributed by atoms with Crippen LogP contribution in [0.5, 0.6) is 0 Å². The number of nitrogens with one attached hydrogen (secondary N) is 1. The minimum atomic E-state index is -0.283. The number of hydrogen-bond donors (Lipinski definition) is 1. The molecule has 0 amide bonds. The highest BCUT2D eigenvalue weighted by Crippen LogP contribution is 2.34. The van der Waals surface area contributed by atoms with Crippen LogP contribution >= 0.6 is 11.6 Å². The van der Waals surface area contributed by atoms with E-state index in [1.165, 1.54) is 23.3 Å². The first-order valence-corrected chi connectivity index (χ1v) is 7.19. The molecule has 0 aromatic heterocycles. The standard InChI is InChI=1S/C17H17ClFN/c1-12-2-5-14(6-3-12)17(10-20-11-17)9-13-4-7-15(19)8-16(13)18/h2-8,20H,9-11H2,1H3. The average molecular weight is 290 g/mol. The predicted molar refractivity (Wildman–Crippen MR) is 80.8 cm³/mol. The van der Waals surface area contributed by atoms with Crippen LogP contribution < -0.4 is 5.32 Å². The van der Waals surface area contributed by atoms with E-state index < -0.39 is 0 Å². The summed E-state index contributed by atoms with van der Waals surface area (Å²) >= 11 is 6.17. The van der Waals surface area contributed by atoms with E-state index in [0.717, 1.165) is 25.1 Å². The Morgan fingerprint density at radius 1 is 1.15 bits per heavy atom. The molecule has 3 rings (SSSR count). The Morgan fingerprint density at radius 2 is 1.85 bits per heavy atom. The quantitative estimate of drug-likeness (QED) is 0.904. The fourth-order valence-corrected chi connectivity index (χ4v) is 3.03. The van der Waals surface area contributed by atoms with Gasteiger partial charge in [-0.2, -0.15) is 0 Å². The van der Waals surface area contributed by atoms with Gasteiger partial charge in [-0.1, -0.05) is 47.5 Å². The zero-order chi connectivity index (χ0) is 14.2. The third kappa shape index (κ3) is 2.46. The van der Waals surface area contributed by atoms with E-state index in [1.807, 2.05) is 0 Å². The summed E-state index contributed by atoms with van der Waals surface area (Å²) in [6.07, 6.45) is 0.835. The molecule has 1 nitrogen and oxygen atoms in total. The Morgan fingerprint density at radius 3 is 2.40 bits per heavy atom. The third-order valence-corrected chi connectivity index (χ3v) is 4.49. The van der Waals surface area contributed by atoms with Gasteiger partial charge in [-0.25, -0.2) is 4.39 Å². The lowest BCUT2D eigenvalue weighted by molar-refractivity contribution is 0.274. The first-order chi connectivity index (χ1) is 9.59. The van der Waals surface area contributed by atoms with Gasteiger partial charge >= 0.3 is 0 Å². The van der Waals surface area contributed by atoms with Crippen LogP contribution in [-0.2, 0) is 11.8 Å². The minimum Gasteiger partial charge on any atom is -0.315 e. The largest absolute Gasteiger partial charge is 0.315 e. The van der Waals surface area contributed by atoms with E-state index >= 15 is 0 Å². The van der Waals surface area contributed by atoms with Crippen molar-refractivity contribution >= 4 is 11.6 Å². The van der Waals surface area contributed by atoms with Crippen LogP contribution in [0.4, 0.5) is 4.39 Å². The van der Waals surface area contributed by atoms with Gasteiger partial charge in [0.1, 0.15) is 5.82 Å². The van der Waals surface area contributed by atoms with Crippen molar-refractivity contribution in [3.05, 3.63) is 70.0 Å². The topological polar surface area (TPSA) is 12.0 Å². The maximum Gasteiger partial charge on any atom is 0.124 e. The summed E-state index contributed by atoms with van der Waals surface area (Å²) < 4.78 is 13.1. The maximum atomic E-state index is 13.1. The average Bonchev–Trinajstić information content (AvgIpc) is 2.37. The second-order valence-electron chi connectivity index (χ2n) is 5.66. The summed E-state index contributed by atoms with van der Waals surface area (Å²) in [6.45, 7) is 3.96. The predicted octanol–water partition coefficient (Wildman–Crippen LogP) is 3.87. The number of benzene rings is 2. The maximum absolute atomic E-state index is 13.1. The molecule has 1 saturated heterocycles. The zero-order valence-electron chi connectivity index (χ0n) is 11.4. The van der Waals surface area contributed by atoms with Crippen LogP contribution in [0.1, 0.15) is 16.7 Å². The Kier molecular flexibility index (Phi) is 3.53. The molecule has 0 saturated carbocycles. The van der Waals surface area contributed by atoms with Crippen molar-refractivity contribution in [2.24, 2.45) is 0 Å². The lowest BCUT2D eigenvalue weighted by Gasteiger charge is -2.43. The molecule has 2 aromatic rings. The summed E-state index contributed by atoms with van der Waals surface area (Å²) in [6, 6.07) is 13.3. The fraction of sp³-hybridized carbons (Fsp3) is 0.294. The molecule has 20 heavy (non-hydrogen) atoms. The van der Waals surface area contributed by atoms with Crippen LogP contribution in [0, 0.1) is 12.7 Å². The SMILES string of the molecule is Cc1ccc(C2(Cc3ccc(F)cc3Cl)CNC2)cc1. The molecule has 0 aliphatic carbocycles. The van der Waals surface area contributed by atoms with Crippen molar-refractivity contribution in [2.75, 3.05) is 13.1 Å². The van der Waals surface area contributed by atoms with E-state index in [9.17, 15) is 4.39 Å². The van der Waals surface area contributed by atoms with Gasteiger partial charge in [0.2, 0.25) is 0 Å². The summed E-state index contributed by atoms with van der Waals surface area (Å²) in [5.74, 6) is -0.283. The summed E-state index contributed by atoms with van der Waals surface area (Å²) in [4.78, 5) is 0. The molecule has 0 radical (unpaired) electrons. The van der Waals surface area contributed by atoms with Crippen molar-refractivity contribution in [2.45, 2.75) is 18.8 Å². The number of halogens is 2. The third-order valence-electron chi connectivity index (χ3n) is 4.13. The molecular formula is C17H17ClFN. The summed E-state index contributed by atoms with van der Waals surface area (Å²) in [5, 5.41) is 3.87. The lowest BCUT2D eigenvalue weighted by atomic mass is 9.71. The minimum absolute atomic E-state index is 0.0785. The van der Waals surface area contributed by atoms with E-state index in [0.29, 0.717) is 5.02 Å². The van der Waals surface area contributed by atoms with Crippen LogP contribution in [0.2, 0.25) is 5.02 Å². The van der Waals surface area contributed by atoms with E-state index in [2.05, 4.69) is 36.5 Å². The molecule has 2 aromatic carbocycles. The van der Waals surface area contributed by atoms with Crippen LogP contribution in [0.3, 0.4) is 0 Å². The van der Waals surface area contributed by atoms with Gasteiger partial charge in [-0.3, -0.25) is 0 Å². The Balaban J connectivity index is 1.91. The molecule has 0 bridgehead atoms. The molecule has 1 fully saturated rings. The van der Waals surface area contributed by atoms with Gasteiger partial charge in [0.05, 0.1) is 0 Å². The van der Waals surface area contributed by atoms with Crippen molar-refractivity contribution < 1.29 is 4.39 Å². The van der Waals surface area contributed by atoms with Crippen molar-refractivity contribution in [3.8, 4) is 0 Å².